The summed E-state index contributed by atoms with van der Waals surface area (Å²) in [5.74, 6) is 0. The van der Waals surface area contributed by atoms with E-state index in [1.165, 1.54) is 6.07 Å². The van der Waals surface area contributed by atoms with Crippen LogP contribution in [-0.4, -0.2) is 42.2 Å². The van der Waals surface area contributed by atoms with Gasteiger partial charge in [-0.05, 0) is 5.56 Å². The Labute approximate surface area is 118 Å². The molecule has 19 heavy (non-hydrogen) atoms. The molecule has 2 rings (SSSR count). The van der Waals surface area contributed by atoms with Crippen LogP contribution in [0.2, 0.25) is 0 Å². The van der Waals surface area contributed by atoms with Crippen molar-refractivity contribution < 1.29 is 9.66 Å². The minimum atomic E-state index is -0.370. The van der Waals surface area contributed by atoms with Gasteiger partial charge in [0.25, 0.3) is 5.69 Å². The zero-order chi connectivity index (χ0) is 13.0. The number of rotatable bonds is 4. The second-order valence-electron chi connectivity index (χ2n) is 4.39. The second kappa shape index (κ2) is 7.40. The maximum atomic E-state index is 10.7. The van der Waals surface area contributed by atoms with E-state index in [1.54, 1.807) is 12.1 Å². The molecular weight excluding hydrogens is 270 g/mol. The number of ether oxygens (including phenoxy) is 1. The quantitative estimate of drug-likeness (QED) is 0.664. The molecule has 1 aliphatic heterocycles. The molecule has 0 spiro atoms. The molecule has 0 aliphatic carbocycles. The average Bonchev–Trinajstić information content (AvgIpc) is 2.39. The van der Waals surface area contributed by atoms with Gasteiger partial charge in [0.2, 0.25) is 0 Å². The van der Waals surface area contributed by atoms with E-state index in [0.29, 0.717) is 19.7 Å². The van der Waals surface area contributed by atoms with Gasteiger partial charge in [-0.25, -0.2) is 0 Å². The minimum absolute atomic E-state index is 0. The molecule has 1 unspecified atom stereocenters. The molecule has 0 amide bonds. The van der Waals surface area contributed by atoms with Crippen molar-refractivity contribution >= 4 is 18.1 Å². The number of benzene rings is 1. The lowest BCUT2D eigenvalue weighted by Gasteiger charge is -2.32. The first-order valence-electron chi connectivity index (χ1n) is 5.96. The van der Waals surface area contributed by atoms with Crippen LogP contribution < -0.4 is 5.73 Å². The smallest absolute Gasteiger partial charge is 0.269 e. The third-order valence-corrected chi connectivity index (χ3v) is 3.01. The monoisotopic (exact) mass is 287 g/mol. The molecule has 0 aromatic heterocycles. The molecule has 1 aromatic carbocycles. The Morgan fingerprint density at radius 1 is 1.53 bits per heavy atom. The van der Waals surface area contributed by atoms with Crippen molar-refractivity contribution in [3.63, 3.8) is 0 Å². The van der Waals surface area contributed by atoms with Crippen LogP contribution >= 0.6 is 12.4 Å². The highest BCUT2D eigenvalue weighted by molar-refractivity contribution is 5.85. The van der Waals surface area contributed by atoms with Crippen molar-refractivity contribution in [1.82, 2.24) is 4.90 Å². The molecule has 0 saturated carbocycles. The molecule has 7 heteroatoms. The highest BCUT2D eigenvalue weighted by Gasteiger charge is 2.19. The zero-order valence-electron chi connectivity index (χ0n) is 10.5. The number of non-ortho nitro benzene ring substituents is 1. The summed E-state index contributed by atoms with van der Waals surface area (Å²) in [6.45, 7) is 3.47. The normalized spacial score (nSPS) is 19.7. The molecule has 1 aromatic rings. The van der Waals surface area contributed by atoms with Gasteiger partial charge in [0.1, 0.15) is 0 Å². The summed E-state index contributed by atoms with van der Waals surface area (Å²) < 4.78 is 5.48. The number of nitrogens with zero attached hydrogens (tertiary/aromatic N) is 2. The number of halogens is 1. The van der Waals surface area contributed by atoms with Crippen LogP contribution in [0.1, 0.15) is 5.56 Å². The Kier molecular flexibility index (Phi) is 6.17. The molecule has 1 aliphatic rings. The van der Waals surface area contributed by atoms with Crippen LogP contribution in [0.3, 0.4) is 0 Å². The Balaban J connectivity index is 0.00000180. The second-order valence-corrected chi connectivity index (χ2v) is 4.39. The number of nitro benzene ring substituents is 1. The van der Waals surface area contributed by atoms with Gasteiger partial charge in [0.05, 0.1) is 17.6 Å². The lowest BCUT2D eigenvalue weighted by molar-refractivity contribution is -0.384. The van der Waals surface area contributed by atoms with Crippen LogP contribution in [0.4, 0.5) is 5.69 Å². The minimum Gasteiger partial charge on any atom is -0.374 e. The summed E-state index contributed by atoms with van der Waals surface area (Å²) in [6, 6.07) is 6.74. The van der Waals surface area contributed by atoms with Gasteiger partial charge in [-0.3, -0.25) is 15.0 Å². The Morgan fingerprint density at radius 2 is 2.32 bits per heavy atom. The number of morpholine rings is 1. The fraction of sp³-hybridized carbons (Fsp3) is 0.500. The summed E-state index contributed by atoms with van der Waals surface area (Å²) in [7, 11) is 0. The van der Waals surface area contributed by atoms with E-state index in [2.05, 4.69) is 4.90 Å². The van der Waals surface area contributed by atoms with Crippen LogP contribution in [0.15, 0.2) is 24.3 Å². The maximum absolute atomic E-state index is 10.7. The van der Waals surface area contributed by atoms with E-state index < -0.39 is 0 Å². The SMILES string of the molecule is Cl.NCC1CN(Cc2cccc([N+](=O)[O-])c2)CCO1. The molecule has 6 nitrogen and oxygen atoms in total. The van der Waals surface area contributed by atoms with E-state index >= 15 is 0 Å². The van der Waals surface area contributed by atoms with E-state index in [0.717, 1.165) is 18.7 Å². The first-order valence-corrected chi connectivity index (χ1v) is 5.96. The first kappa shape index (κ1) is 15.8. The lowest BCUT2D eigenvalue weighted by atomic mass is 10.1. The molecule has 106 valence electrons. The summed E-state index contributed by atoms with van der Waals surface area (Å²) in [5.41, 5.74) is 6.66. The van der Waals surface area contributed by atoms with Gasteiger partial charge >= 0.3 is 0 Å². The molecule has 1 heterocycles. The molecule has 2 N–H and O–H groups in total. The van der Waals surface area contributed by atoms with Crippen LogP contribution in [-0.2, 0) is 11.3 Å². The van der Waals surface area contributed by atoms with Crippen LogP contribution in [0.25, 0.3) is 0 Å². The van der Waals surface area contributed by atoms with Crippen LogP contribution in [0.5, 0.6) is 0 Å². The summed E-state index contributed by atoms with van der Waals surface area (Å²) in [5, 5.41) is 10.7. The van der Waals surface area contributed by atoms with Crippen LogP contribution in [0, 0.1) is 10.1 Å². The van der Waals surface area contributed by atoms with E-state index in [4.69, 9.17) is 10.5 Å². The van der Waals surface area contributed by atoms with E-state index in [1.807, 2.05) is 6.07 Å². The maximum Gasteiger partial charge on any atom is 0.269 e. The number of nitrogens with two attached hydrogens (primary N) is 1. The molecular formula is C12H18ClN3O3. The third kappa shape index (κ3) is 4.43. The summed E-state index contributed by atoms with van der Waals surface area (Å²) in [4.78, 5) is 12.5. The Hall–Kier alpha value is -1.21. The van der Waals surface area contributed by atoms with Crippen molar-refractivity contribution in [2.45, 2.75) is 12.6 Å². The van der Waals surface area contributed by atoms with E-state index in [9.17, 15) is 10.1 Å². The van der Waals surface area contributed by atoms with Gasteiger partial charge in [-0.15, -0.1) is 12.4 Å². The van der Waals surface area contributed by atoms with Crippen molar-refractivity contribution in [2.24, 2.45) is 5.73 Å². The first-order chi connectivity index (χ1) is 8.69. The predicted molar refractivity (Wildman–Crippen MR) is 74.4 cm³/mol. The molecule has 0 bridgehead atoms. The molecule has 1 saturated heterocycles. The molecule has 1 fully saturated rings. The van der Waals surface area contributed by atoms with Gasteiger partial charge in [0, 0.05) is 38.3 Å². The zero-order valence-corrected chi connectivity index (χ0v) is 11.3. The number of nitro groups is 1. The average molecular weight is 288 g/mol. The van der Waals surface area contributed by atoms with Crippen molar-refractivity contribution in [1.29, 1.82) is 0 Å². The number of hydrogen-bond donors (Lipinski definition) is 1. The lowest BCUT2D eigenvalue weighted by Crippen LogP contribution is -2.45. The van der Waals surface area contributed by atoms with Crippen molar-refractivity contribution in [2.75, 3.05) is 26.2 Å². The van der Waals surface area contributed by atoms with Gasteiger partial charge in [-0.1, -0.05) is 12.1 Å². The predicted octanol–water partition coefficient (Wildman–Crippen LogP) is 1.18. The largest absolute Gasteiger partial charge is 0.374 e. The molecule has 0 radical (unpaired) electrons. The number of hydrogen-bond acceptors (Lipinski definition) is 5. The van der Waals surface area contributed by atoms with Crippen molar-refractivity contribution in [3.05, 3.63) is 39.9 Å². The third-order valence-electron chi connectivity index (χ3n) is 3.01. The fourth-order valence-corrected chi connectivity index (χ4v) is 2.09. The topological polar surface area (TPSA) is 81.6 Å². The van der Waals surface area contributed by atoms with Gasteiger partial charge in [0.15, 0.2) is 0 Å². The highest BCUT2D eigenvalue weighted by Crippen LogP contribution is 2.16. The summed E-state index contributed by atoms with van der Waals surface area (Å²) in [6.07, 6.45) is 0.0671. The molecule has 1 atom stereocenters. The highest BCUT2D eigenvalue weighted by atomic mass is 35.5. The standard InChI is InChI=1S/C12H17N3O3.ClH/c13-7-12-9-14(4-5-18-12)8-10-2-1-3-11(6-10)15(16)17;/h1-3,6,12H,4-5,7-9,13H2;1H. The van der Waals surface area contributed by atoms with E-state index in [-0.39, 0.29) is 29.1 Å². The van der Waals surface area contributed by atoms with Gasteiger partial charge < -0.3 is 10.5 Å². The Bertz CT molecular complexity index is 430. The summed E-state index contributed by atoms with van der Waals surface area (Å²) >= 11 is 0. The van der Waals surface area contributed by atoms with Crippen molar-refractivity contribution in [3.8, 4) is 0 Å². The Morgan fingerprint density at radius 3 is 3.00 bits per heavy atom. The van der Waals surface area contributed by atoms with Gasteiger partial charge in [-0.2, -0.15) is 0 Å². The fourth-order valence-electron chi connectivity index (χ4n) is 2.09.